The zero-order chi connectivity index (χ0) is 18.4. The lowest BCUT2D eigenvalue weighted by Crippen LogP contribution is -2.14. The van der Waals surface area contributed by atoms with Gasteiger partial charge >= 0.3 is 0 Å². The van der Waals surface area contributed by atoms with Crippen molar-refractivity contribution in [3.63, 3.8) is 0 Å². The lowest BCUT2D eigenvalue weighted by molar-refractivity contribution is 0.0949. The van der Waals surface area contributed by atoms with Gasteiger partial charge in [-0.2, -0.15) is 4.68 Å². The van der Waals surface area contributed by atoms with E-state index in [2.05, 4.69) is 15.3 Å². The van der Waals surface area contributed by atoms with Gasteiger partial charge < -0.3 is 4.42 Å². The summed E-state index contributed by atoms with van der Waals surface area (Å²) in [5, 5.41) is 8.90. The number of rotatable bonds is 2. The predicted molar refractivity (Wildman–Crippen MR) is 101 cm³/mol. The smallest absolute Gasteiger partial charge is 0.280 e. The number of hydrogen-bond acceptors (Lipinski definition) is 5. The van der Waals surface area contributed by atoms with Crippen LogP contribution in [0.3, 0.4) is 0 Å². The molecule has 0 fully saturated rings. The number of carbonyl (C=O) groups is 1. The first-order chi connectivity index (χ1) is 13.2. The Hall–Kier alpha value is -3.80. The van der Waals surface area contributed by atoms with Crippen molar-refractivity contribution in [2.75, 3.05) is 0 Å². The van der Waals surface area contributed by atoms with Gasteiger partial charge in [-0.3, -0.25) is 4.79 Å². The van der Waals surface area contributed by atoms with Crippen LogP contribution in [0.5, 0.6) is 0 Å². The van der Waals surface area contributed by atoms with Gasteiger partial charge in [0.25, 0.3) is 5.91 Å². The first kappa shape index (κ1) is 15.5. The summed E-state index contributed by atoms with van der Waals surface area (Å²) in [6.45, 7) is 1.87. The highest BCUT2D eigenvalue weighted by Gasteiger charge is 2.19. The van der Waals surface area contributed by atoms with Crippen molar-refractivity contribution < 1.29 is 9.21 Å². The molecule has 3 heterocycles. The molecule has 27 heavy (non-hydrogen) atoms. The molecular formula is C21H14N4O2. The highest BCUT2D eigenvalue weighted by Crippen LogP contribution is 2.27. The summed E-state index contributed by atoms with van der Waals surface area (Å²) < 4.78 is 7.03. The van der Waals surface area contributed by atoms with E-state index in [9.17, 15) is 4.79 Å². The molecule has 0 unspecified atom stereocenters. The Morgan fingerprint density at radius 3 is 2.56 bits per heavy atom. The van der Waals surface area contributed by atoms with Crippen molar-refractivity contribution in [2.24, 2.45) is 0 Å². The molecule has 0 bridgehead atoms. The van der Waals surface area contributed by atoms with Crippen LogP contribution in [0, 0.1) is 6.92 Å². The Kier molecular flexibility index (Phi) is 3.36. The highest BCUT2D eigenvalue weighted by atomic mass is 16.3. The molecule has 5 rings (SSSR count). The van der Waals surface area contributed by atoms with Gasteiger partial charge in [0.2, 0.25) is 0 Å². The summed E-state index contributed by atoms with van der Waals surface area (Å²) in [6.07, 6.45) is 0. The van der Waals surface area contributed by atoms with Gasteiger partial charge in [0.15, 0.2) is 5.76 Å². The van der Waals surface area contributed by atoms with Gasteiger partial charge in [0.05, 0.1) is 16.6 Å². The molecule has 0 radical (unpaired) electrons. The summed E-state index contributed by atoms with van der Waals surface area (Å²) in [6, 6.07) is 20.4. The molecule has 0 saturated carbocycles. The number of hydrogen-bond donors (Lipinski definition) is 0. The molecule has 5 aromatic rings. The van der Waals surface area contributed by atoms with Crippen molar-refractivity contribution in [3.05, 3.63) is 78.1 Å². The Morgan fingerprint density at radius 2 is 1.74 bits per heavy atom. The van der Waals surface area contributed by atoms with E-state index >= 15 is 0 Å². The lowest BCUT2D eigenvalue weighted by Gasteiger charge is -2.08. The Labute approximate surface area is 154 Å². The molecule has 0 aliphatic carbocycles. The van der Waals surface area contributed by atoms with Crippen LogP contribution in [0.25, 0.3) is 33.4 Å². The van der Waals surface area contributed by atoms with Gasteiger partial charge in [0, 0.05) is 5.39 Å². The van der Waals surface area contributed by atoms with E-state index in [1.807, 2.05) is 67.6 Å². The molecule has 0 atom stereocenters. The van der Waals surface area contributed by atoms with E-state index in [0.29, 0.717) is 28.1 Å². The van der Waals surface area contributed by atoms with Gasteiger partial charge in [-0.25, -0.2) is 4.98 Å². The first-order valence-corrected chi connectivity index (χ1v) is 8.52. The third-order valence-electron chi connectivity index (χ3n) is 4.48. The van der Waals surface area contributed by atoms with Crippen molar-refractivity contribution in [3.8, 4) is 11.5 Å². The van der Waals surface area contributed by atoms with Crippen LogP contribution in [0.15, 0.2) is 71.1 Å². The summed E-state index contributed by atoms with van der Waals surface area (Å²) in [7, 11) is 0. The largest absolute Gasteiger partial charge is 0.460 e. The molecule has 0 aliphatic heterocycles. The molecule has 2 aromatic carbocycles. The SMILES string of the molecule is Cc1ccc(-c2cc(C(=O)n3nnc4ccccc43)c3ccccc3n2)o1. The molecule has 6 nitrogen and oxygen atoms in total. The minimum absolute atomic E-state index is 0.258. The van der Waals surface area contributed by atoms with Crippen LogP contribution in [0.2, 0.25) is 0 Å². The number of para-hydroxylation sites is 2. The van der Waals surface area contributed by atoms with E-state index in [1.165, 1.54) is 4.68 Å². The molecule has 0 amide bonds. The van der Waals surface area contributed by atoms with Crippen LogP contribution >= 0.6 is 0 Å². The molecule has 3 aromatic heterocycles. The van der Waals surface area contributed by atoms with Crippen molar-refractivity contribution in [1.29, 1.82) is 0 Å². The van der Waals surface area contributed by atoms with E-state index in [0.717, 1.165) is 16.7 Å². The summed E-state index contributed by atoms with van der Waals surface area (Å²) in [4.78, 5) is 18.0. The number of aryl methyl sites for hydroxylation is 1. The third kappa shape index (κ3) is 2.50. The molecule has 130 valence electrons. The lowest BCUT2D eigenvalue weighted by atomic mass is 10.1. The van der Waals surface area contributed by atoms with Crippen LogP contribution in [0.1, 0.15) is 16.1 Å². The fourth-order valence-electron chi connectivity index (χ4n) is 3.18. The summed E-state index contributed by atoms with van der Waals surface area (Å²) >= 11 is 0. The van der Waals surface area contributed by atoms with E-state index in [4.69, 9.17) is 4.42 Å². The number of pyridine rings is 1. The minimum Gasteiger partial charge on any atom is -0.460 e. The topological polar surface area (TPSA) is 73.8 Å². The van der Waals surface area contributed by atoms with E-state index in [-0.39, 0.29) is 5.91 Å². The summed E-state index contributed by atoms with van der Waals surface area (Å²) in [5.74, 6) is 1.15. The Bertz CT molecular complexity index is 1320. The maximum Gasteiger partial charge on any atom is 0.280 e. The molecular weight excluding hydrogens is 340 g/mol. The zero-order valence-corrected chi connectivity index (χ0v) is 14.5. The number of nitrogens with zero attached hydrogens (tertiary/aromatic N) is 4. The number of carbonyl (C=O) groups excluding carboxylic acids is 1. The summed E-state index contributed by atoms with van der Waals surface area (Å²) in [5.41, 5.74) is 3.16. The van der Waals surface area contributed by atoms with Gasteiger partial charge in [0.1, 0.15) is 17.0 Å². The van der Waals surface area contributed by atoms with Crippen LogP contribution in [-0.2, 0) is 0 Å². The van der Waals surface area contributed by atoms with Gasteiger partial charge in [-0.15, -0.1) is 5.10 Å². The number of furan rings is 1. The fraction of sp³-hybridized carbons (Fsp3) is 0.0476. The van der Waals surface area contributed by atoms with Gasteiger partial charge in [-0.05, 0) is 43.3 Å². The maximum absolute atomic E-state index is 13.3. The van der Waals surface area contributed by atoms with Crippen LogP contribution < -0.4 is 0 Å². The van der Waals surface area contributed by atoms with E-state index in [1.54, 1.807) is 6.07 Å². The van der Waals surface area contributed by atoms with E-state index < -0.39 is 0 Å². The normalized spacial score (nSPS) is 11.3. The van der Waals surface area contributed by atoms with Crippen LogP contribution in [0.4, 0.5) is 0 Å². The monoisotopic (exact) mass is 354 g/mol. The number of aromatic nitrogens is 4. The third-order valence-corrected chi connectivity index (χ3v) is 4.48. The predicted octanol–water partition coefficient (Wildman–Crippen LogP) is 4.24. The fourth-order valence-corrected chi connectivity index (χ4v) is 3.18. The quantitative estimate of drug-likeness (QED) is 0.474. The molecule has 0 spiro atoms. The molecule has 0 saturated heterocycles. The first-order valence-electron chi connectivity index (χ1n) is 8.52. The molecule has 0 N–H and O–H groups in total. The molecule has 6 heteroatoms. The minimum atomic E-state index is -0.258. The highest BCUT2D eigenvalue weighted by molar-refractivity contribution is 6.09. The average Bonchev–Trinajstić information content (AvgIpc) is 3.33. The Morgan fingerprint density at radius 1 is 0.963 bits per heavy atom. The number of benzene rings is 2. The van der Waals surface area contributed by atoms with Crippen molar-refractivity contribution in [2.45, 2.75) is 6.92 Å². The van der Waals surface area contributed by atoms with Gasteiger partial charge in [-0.1, -0.05) is 35.5 Å². The second kappa shape index (κ2) is 5.88. The molecule has 0 aliphatic rings. The second-order valence-corrected chi connectivity index (χ2v) is 6.28. The standard InChI is InChI=1S/C21H14N4O2/c1-13-10-11-20(27-13)18-12-15(14-6-2-3-7-16(14)22-18)21(26)25-19-9-5-4-8-17(19)23-24-25/h2-12H,1H3. The average molecular weight is 354 g/mol. The second-order valence-electron chi connectivity index (χ2n) is 6.28. The zero-order valence-electron chi connectivity index (χ0n) is 14.5. The Balaban J connectivity index is 1.75. The maximum atomic E-state index is 13.3. The van der Waals surface area contributed by atoms with Crippen LogP contribution in [-0.4, -0.2) is 25.9 Å². The van der Waals surface area contributed by atoms with Crippen molar-refractivity contribution in [1.82, 2.24) is 20.0 Å². The van der Waals surface area contributed by atoms with Crippen molar-refractivity contribution >= 4 is 27.8 Å². The number of fused-ring (bicyclic) bond motifs is 2.